The minimum Gasteiger partial charge on any atom is -0.347 e. The van der Waals surface area contributed by atoms with Crippen molar-refractivity contribution in [3.63, 3.8) is 0 Å². The molecule has 1 aromatic heterocycles. The lowest BCUT2D eigenvalue weighted by Gasteiger charge is -2.09. The first kappa shape index (κ1) is 23.6. The number of anilines is 1. The fraction of sp³-hybridized carbons (Fsp3) is 0.160. The van der Waals surface area contributed by atoms with Crippen LogP contribution in [-0.2, 0) is 11.3 Å². The molecule has 31 heavy (non-hydrogen) atoms. The molecule has 2 amide bonds. The molecule has 0 radical (unpaired) electrons. The predicted molar refractivity (Wildman–Crippen MR) is 128 cm³/mol. The van der Waals surface area contributed by atoms with E-state index in [0.717, 1.165) is 16.9 Å². The van der Waals surface area contributed by atoms with Crippen molar-refractivity contribution in [3.05, 3.63) is 94.1 Å². The maximum absolute atomic E-state index is 12.9. The molecule has 0 saturated heterocycles. The van der Waals surface area contributed by atoms with E-state index in [1.807, 2.05) is 37.3 Å². The Morgan fingerprint density at radius 3 is 2.55 bits per heavy atom. The monoisotopic (exact) mass is 431 g/mol. The molecule has 0 aliphatic heterocycles. The third-order valence-electron chi connectivity index (χ3n) is 4.33. The van der Waals surface area contributed by atoms with Gasteiger partial charge >= 0.3 is 0 Å². The molecule has 0 aliphatic carbocycles. The Bertz CT molecular complexity index is 1100. The molecule has 0 aliphatic rings. The molecule has 2 rings (SSSR count). The third kappa shape index (κ3) is 6.14. The van der Waals surface area contributed by atoms with Crippen LogP contribution in [0.1, 0.15) is 34.8 Å². The number of hydrogen-bond acceptors (Lipinski definition) is 4. The second-order valence-corrected chi connectivity index (χ2v) is 7.43. The highest BCUT2D eigenvalue weighted by Crippen LogP contribution is 2.25. The Balaban J connectivity index is 2.18. The summed E-state index contributed by atoms with van der Waals surface area (Å²) in [6.45, 7) is 9.52. The molecule has 2 aromatic rings. The maximum Gasteiger partial charge on any atom is 0.263 e. The number of nitrogens with one attached hydrogen (secondary N) is 2. The highest BCUT2D eigenvalue weighted by Gasteiger charge is 2.19. The van der Waals surface area contributed by atoms with Gasteiger partial charge in [-0.3, -0.25) is 14.9 Å². The number of nitrogens with zero attached hydrogens (tertiary/aromatic N) is 1. The second-order valence-electron chi connectivity index (χ2n) is 6.43. The summed E-state index contributed by atoms with van der Waals surface area (Å²) in [6.07, 6.45) is 12.4. The molecule has 6 heteroatoms. The number of carbonyl (C=O) groups excluding carboxylic acids is 2. The van der Waals surface area contributed by atoms with E-state index in [4.69, 9.17) is 6.42 Å². The van der Waals surface area contributed by atoms with Gasteiger partial charge < -0.3 is 5.32 Å². The van der Waals surface area contributed by atoms with Crippen molar-refractivity contribution in [1.29, 1.82) is 0 Å². The lowest BCUT2D eigenvalue weighted by Crippen LogP contribution is -2.22. The molecule has 0 unspecified atom stereocenters. The van der Waals surface area contributed by atoms with Gasteiger partial charge in [-0.2, -0.15) is 0 Å². The number of thiazole rings is 1. The molecule has 1 aromatic carbocycles. The van der Waals surface area contributed by atoms with Gasteiger partial charge in [0, 0.05) is 23.3 Å². The zero-order valence-corrected chi connectivity index (χ0v) is 18.7. The number of aryl methyl sites for hydroxylation is 1. The molecule has 1 heterocycles. The van der Waals surface area contributed by atoms with E-state index in [-0.39, 0.29) is 11.8 Å². The summed E-state index contributed by atoms with van der Waals surface area (Å²) >= 11 is 1.12. The normalized spacial score (nSPS) is 12.1. The number of terminal acetylenes is 1. The smallest absolute Gasteiger partial charge is 0.263 e. The highest BCUT2D eigenvalue weighted by atomic mass is 32.1. The molecule has 0 fully saturated rings. The van der Waals surface area contributed by atoms with Crippen LogP contribution in [0.25, 0.3) is 0 Å². The molecule has 5 nitrogen and oxygen atoms in total. The summed E-state index contributed by atoms with van der Waals surface area (Å²) in [5, 5.41) is 5.98. The maximum atomic E-state index is 12.9. The first-order valence-corrected chi connectivity index (χ1v) is 10.5. The van der Waals surface area contributed by atoms with Gasteiger partial charge in [-0.15, -0.1) is 6.42 Å². The largest absolute Gasteiger partial charge is 0.347 e. The Kier molecular flexibility index (Phi) is 8.74. The van der Waals surface area contributed by atoms with E-state index in [0.29, 0.717) is 39.0 Å². The Hall–Kier alpha value is -3.69. The Labute approximate surface area is 187 Å². The van der Waals surface area contributed by atoms with Crippen molar-refractivity contribution in [1.82, 2.24) is 10.3 Å². The van der Waals surface area contributed by atoms with Crippen molar-refractivity contribution >= 4 is 28.3 Å². The molecule has 0 atom stereocenters. The van der Waals surface area contributed by atoms with Crippen LogP contribution in [0.15, 0.2) is 77.9 Å². The standard InChI is InChI=1S/C25H25N3O2S/c1-6-13-19(7-2)20(8-3)21(9-4)23(29)28-25-27-17(5)22(31-25)24(30)26-16-18-14-11-10-12-15-18/h2,6,8-15H,3,16H2,1,4-5H3,(H,26,30)(H,27,28,29)/b13-6-,20-19+,21-9+. The van der Waals surface area contributed by atoms with E-state index in [1.165, 1.54) is 0 Å². The van der Waals surface area contributed by atoms with E-state index < -0.39 is 0 Å². The summed E-state index contributed by atoms with van der Waals surface area (Å²) in [6, 6.07) is 9.63. The number of carbonyl (C=O) groups is 2. The molecule has 0 bridgehead atoms. The first-order valence-electron chi connectivity index (χ1n) is 9.68. The Morgan fingerprint density at radius 1 is 1.26 bits per heavy atom. The van der Waals surface area contributed by atoms with Crippen LogP contribution in [0.2, 0.25) is 0 Å². The number of hydrogen-bond donors (Lipinski definition) is 2. The number of rotatable bonds is 8. The van der Waals surface area contributed by atoms with Crippen molar-refractivity contribution in [3.8, 4) is 12.3 Å². The van der Waals surface area contributed by atoms with Crippen LogP contribution < -0.4 is 10.6 Å². The lowest BCUT2D eigenvalue weighted by molar-refractivity contribution is -0.112. The number of aromatic nitrogens is 1. The van der Waals surface area contributed by atoms with Gasteiger partial charge in [0.25, 0.3) is 11.8 Å². The molecular weight excluding hydrogens is 406 g/mol. The highest BCUT2D eigenvalue weighted by molar-refractivity contribution is 7.17. The van der Waals surface area contributed by atoms with Crippen molar-refractivity contribution in [2.45, 2.75) is 27.3 Å². The average molecular weight is 432 g/mol. The van der Waals surface area contributed by atoms with Crippen LogP contribution in [0.5, 0.6) is 0 Å². The summed E-state index contributed by atoms with van der Waals surface area (Å²) < 4.78 is 0. The number of amides is 2. The summed E-state index contributed by atoms with van der Waals surface area (Å²) in [5.74, 6) is 1.97. The van der Waals surface area contributed by atoms with Crippen LogP contribution in [0.4, 0.5) is 5.13 Å². The van der Waals surface area contributed by atoms with E-state index in [2.05, 4.69) is 28.1 Å². The number of benzene rings is 1. The molecule has 0 saturated carbocycles. The Morgan fingerprint density at radius 2 is 1.97 bits per heavy atom. The summed E-state index contributed by atoms with van der Waals surface area (Å²) in [7, 11) is 0. The minimum absolute atomic E-state index is 0.236. The van der Waals surface area contributed by atoms with Crippen LogP contribution in [0.3, 0.4) is 0 Å². The molecular formula is C25H25N3O2S. The van der Waals surface area contributed by atoms with E-state index in [1.54, 1.807) is 38.2 Å². The topological polar surface area (TPSA) is 71.1 Å². The van der Waals surface area contributed by atoms with Crippen molar-refractivity contribution in [2.24, 2.45) is 0 Å². The van der Waals surface area contributed by atoms with E-state index >= 15 is 0 Å². The fourth-order valence-electron chi connectivity index (χ4n) is 2.84. The quantitative estimate of drug-likeness (QED) is 0.353. The van der Waals surface area contributed by atoms with Crippen LogP contribution in [-0.4, -0.2) is 16.8 Å². The third-order valence-corrected chi connectivity index (χ3v) is 5.40. The van der Waals surface area contributed by atoms with Crippen LogP contribution >= 0.6 is 11.3 Å². The number of allylic oxidation sites excluding steroid dienone is 5. The summed E-state index contributed by atoms with van der Waals surface area (Å²) in [5.41, 5.74) is 3.03. The molecule has 0 spiro atoms. The summed E-state index contributed by atoms with van der Waals surface area (Å²) in [4.78, 5) is 30.2. The minimum atomic E-state index is -0.375. The second kappa shape index (κ2) is 11.5. The zero-order valence-electron chi connectivity index (χ0n) is 17.9. The van der Waals surface area contributed by atoms with Gasteiger partial charge in [0.1, 0.15) is 4.88 Å². The van der Waals surface area contributed by atoms with E-state index in [9.17, 15) is 9.59 Å². The van der Waals surface area contributed by atoms with Gasteiger partial charge in [0.15, 0.2) is 5.13 Å². The van der Waals surface area contributed by atoms with Gasteiger partial charge in [-0.25, -0.2) is 4.98 Å². The lowest BCUT2D eigenvalue weighted by atomic mass is 9.99. The molecule has 158 valence electrons. The van der Waals surface area contributed by atoms with Crippen LogP contribution in [0, 0.1) is 19.3 Å². The van der Waals surface area contributed by atoms with Gasteiger partial charge in [-0.1, -0.05) is 78.5 Å². The zero-order chi connectivity index (χ0) is 22.8. The SMILES string of the molecule is C#CC(/C=C\C)=C(C=C)\C(=C/C)C(=O)Nc1nc(C)c(C(=O)NCc2ccccc2)s1. The van der Waals surface area contributed by atoms with Gasteiger partial charge in [-0.05, 0) is 26.3 Å². The van der Waals surface area contributed by atoms with Gasteiger partial charge in [0.2, 0.25) is 0 Å². The fourth-order valence-corrected chi connectivity index (χ4v) is 3.72. The molecule has 2 N–H and O–H groups in total. The predicted octanol–water partition coefficient (Wildman–Crippen LogP) is 4.96. The van der Waals surface area contributed by atoms with Crippen molar-refractivity contribution in [2.75, 3.05) is 5.32 Å². The first-order chi connectivity index (χ1) is 14.9. The van der Waals surface area contributed by atoms with Gasteiger partial charge in [0.05, 0.1) is 5.69 Å². The average Bonchev–Trinajstić information content (AvgIpc) is 3.14. The van der Waals surface area contributed by atoms with Crippen molar-refractivity contribution < 1.29 is 9.59 Å².